The monoisotopic (exact) mass is 433 g/mol. The van der Waals surface area contributed by atoms with Crippen LogP contribution in [0, 0.1) is 46.3 Å². The molecule has 4 unspecified atom stereocenters. The van der Waals surface area contributed by atoms with E-state index in [4.69, 9.17) is 0 Å². The molecule has 4 saturated carbocycles. The number of hydrogen-bond acceptors (Lipinski definition) is 0. The molecule has 4 aliphatic carbocycles. The summed E-state index contributed by atoms with van der Waals surface area (Å²) in [5.41, 5.74) is 1.37. The van der Waals surface area contributed by atoms with Gasteiger partial charge >= 0.3 is 175 Å². The molecule has 0 saturated heterocycles. The first kappa shape index (κ1) is 20.8. The summed E-state index contributed by atoms with van der Waals surface area (Å²) in [4.78, 5) is 0. The maximum absolute atomic E-state index is 2.77. The van der Waals surface area contributed by atoms with Crippen LogP contribution in [0.3, 0.4) is 0 Å². The second-order valence-corrected chi connectivity index (χ2v) is 18.4. The van der Waals surface area contributed by atoms with E-state index in [0.717, 1.165) is 35.5 Å². The second kappa shape index (κ2) is 7.66. The third-order valence-electron chi connectivity index (χ3n) is 11.1. The Morgan fingerprint density at radius 3 is 2.30 bits per heavy atom. The summed E-state index contributed by atoms with van der Waals surface area (Å²) in [5, 5.41) is 0. The normalized spacial score (nSPS) is 51.2. The van der Waals surface area contributed by atoms with Gasteiger partial charge in [0.25, 0.3) is 0 Å². The molecule has 0 bridgehead atoms. The fourth-order valence-corrected chi connectivity index (χ4v) is 12.3. The van der Waals surface area contributed by atoms with Crippen molar-refractivity contribution in [2.24, 2.45) is 46.3 Å². The van der Waals surface area contributed by atoms with Crippen LogP contribution in [0.5, 0.6) is 0 Å². The van der Waals surface area contributed by atoms with Gasteiger partial charge in [0.2, 0.25) is 0 Å². The van der Waals surface area contributed by atoms with Crippen molar-refractivity contribution in [3.8, 4) is 0 Å². The van der Waals surface area contributed by atoms with E-state index >= 15 is 0 Å². The summed E-state index contributed by atoms with van der Waals surface area (Å²) in [6.45, 7) is 10.5. The molecular weight excluding hydrogens is 385 g/mol. The van der Waals surface area contributed by atoms with E-state index < -0.39 is 14.3 Å². The minimum atomic E-state index is -0.716. The summed E-state index contributed by atoms with van der Waals surface area (Å²) in [5.74, 6) is 11.5. The van der Waals surface area contributed by atoms with Gasteiger partial charge in [0.15, 0.2) is 0 Å². The first-order valence-electron chi connectivity index (χ1n) is 12.6. The number of hydrogen-bond donors (Lipinski definition) is 0. The van der Waals surface area contributed by atoms with Crippen molar-refractivity contribution in [2.75, 3.05) is 0 Å². The predicted molar refractivity (Wildman–Crippen MR) is 121 cm³/mol. The molecule has 1 heteroatoms. The van der Waals surface area contributed by atoms with Gasteiger partial charge in [0.05, 0.1) is 0 Å². The molecule has 0 aromatic carbocycles. The van der Waals surface area contributed by atoms with E-state index in [-0.39, 0.29) is 0 Å². The van der Waals surface area contributed by atoms with Crippen molar-refractivity contribution >= 4 is 14.3 Å². The van der Waals surface area contributed by atoms with Crippen LogP contribution in [0.1, 0.15) is 98.3 Å². The van der Waals surface area contributed by atoms with Gasteiger partial charge in [0, 0.05) is 0 Å². The summed E-state index contributed by atoms with van der Waals surface area (Å²) in [7, 11) is 0. The van der Waals surface area contributed by atoms with Crippen molar-refractivity contribution in [2.45, 2.75) is 115 Å². The average molecular weight is 432 g/mol. The molecule has 0 aromatic rings. The molecule has 1 radical (unpaired) electrons. The molecule has 27 heavy (non-hydrogen) atoms. The fraction of sp³-hybridized carbons (Fsp3) is 1.00. The van der Waals surface area contributed by atoms with Crippen molar-refractivity contribution in [3.63, 3.8) is 0 Å². The fourth-order valence-electron chi connectivity index (χ4n) is 9.24. The predicted octanol–water partition coefficient (Wildman–Crippen LogP) is 8.21. The number of fused-ring (bicyclic) bond motifs is 5. The molecule has 0 aliphatic heterocycles. The van der Waals surface area contributed by atoms with Crippen molar-refractivity contribution in [1.29, 1.82) is 0 Å². The zero-order valence-corrected chi connectivity index (χ0v) is 21.4. The molecule has 0 heterocycles. The van der Waals surface area contributed by atoms with Crippen LogP contribution >= 0.6 is 0 Å². The first-order valence-corrected chi connectivity index (χ1v) is 18.0. The summed E-state index contributed by atoms with van der Waals surface area (Å²) in [6.07, 6.45) is 17.1. The third-order valence-corrected chi connectivity index (χ3v) is 15.7. The van der Waals surface area contributed by atoms with Gasteiger partial charge in [-0.15, -0.1) is 0 Å². The second-order valence-electron chi connectivity index (χ2n) is 12.2. The van der Waals surface area contributed by atoms with Crippen LogP contribution < -0.4 is 0 Å². The zero-order valence-electron chi connectivity index (χ0n) is 19.3. The van der Waals surface area contributed by atoms with Gasteiger partial charge in [0.1, 0.15) is 0 Å². The minimum absolute atomic E-state index is 0.668. The molecule has 0 N–H and O–H groups in total. The Morgan fingerprint density at radius 2 is 1.59 bits per heavy atom. The topological polar surface area (TPSA) is 0 Å². The Hall–Kier alpha value is 0.543. The summed E-state index contributed by atoms with van der Waals surface area (Å²) < 4.78 is 1.18. The molecule has 4 fully saturated rings. The van der Waals surface area contributed by atoms with Gasteiger partial charge in [-0.05, 0) is 0 Å². The van der Waals surface area contributed by atoms with E-state index in [0.29, 0.717) is 10.8 Å². The molecule has 4 rings (SSSR count). The first-order chi connectivity index (χ1) is 12.8. The third kappa shape index (κ3) is 3.31. The van der Waals surface area contributed by atoms with E-state index in [2.05, 4.69) is 39.2 Å². The van der Waals surface area contributed by atoms with Crippen LogP contribution in [-0.2, 0) is 0 Å². The Bertz CT molecular complexity index is 526. The maximum atomic E-state index is 2.77. The van der Waals surface area contributed by atoms with Crippen LogP contribution in [0.25, 0.3) is 0 Å². The van der Waals surface area contributed by atoms with Crippen LogP contribution in [0.2, 0.25) is 16.3 Å². The molecule has 0 aromatic heterocycles. The summed E-state index contributed by atoms with van der Waals surface area (Å²) >= 11 is -0.716. The van der Waals surface area contributed by atoms with Crippen LogP contribution in [-0.4, -0.2) is 14.3 Å². The van der Waals surface area contributed by atoms with Gasteiger partial charge in [-0.2, -0.15) is 0 Å². The molecule has 4 aliphatic rings. The Morgan fingerprint density at radius 1 is 0.889 bits per heavy atom. The molecule has 0 spiro atoms. The number of rotatable bonds is 3. The van der Waals surface area contributed by atoms with Gasteiger partial charge in [-0.3, -0.25) is 0 Å². The van der Waals surface area contributed by atoms with Crippen molar-refractivity contribution in [3.05, 3.63) is 0 Å². The van der Waals surface area contributed by atoms with E-state index in [1.54, 1.807) is 51.4 Å². The molecule has 0 amide bonds. The van der Waals surface area contributed by atoms with E-state index in [1.165, 1.54) is 24.0 Å². The molecule has 0 nitrogen and oxygen atoms in total. The zero-order chi connectivity index (χ0) is 19.4. The van der Waals surface area contributed by atoms with E-state index in [9.17, 15) is 0 Å². The quantitative estimate of drug-likeness (QED) is 0.394. The SMILES string of the molecule is CCC(C)[C@H]1CCCC2C3CC[C@@H]4C[C@@H]([Ge]([CH3])[CH3])CC[C@]4(C)C3CC[C@@]21C. The van der Waals surface area contributed by atoms with E-state index in [1.807, 2.05) is 0 Å². The molecular formula is C26H47Ge. The molecule has 155 valence electrons. The van der Waals surface area contributed by atoms with Crippen molar-refractivity contribution in [1.82, 2.24) is 0 Å². The van der Waals surface area contributed by atoms with Gasteiger partial charge in [-0.25, -0.2) is 0 Å². The Kier molecular flexibility index (Phi) is 5.90. The average Bonchev–Trinajstić information content (AvgIpc) is 2.65. The van der Waals surface area contributed by atoms with Gasteiger partial charge < -0.3 is 0 Å². The Labute approximate surface area is 175 Å². The van der Waals surface area contributed by atoms with Gasteiger partial charge in [-0.1, -0.05) is 0 Å². The van der Waals surface area contributed by atoms with Crippen LogP contribution in [0.15, 0.2) is 0 Å². The van der Waals surface area contributed by atoms with Crippen molar-refractivity contribution < 1.29 is 0 Å². The summed E-state index contributed by atoms with van der Waals surface area (Å²) in [6, 6.07) is 0. The Balaban J connectivity index is 1.57. The van der Waals surface area contributed by atoms with Crippen LogP contribution in [0.4, 0.5) is 0 Å². The molecule has 9 atom stereocenters. The standard InChI is InChI=1S/C26H47Ge/c1-7-18(2)22-9-8-10-23-21-12-11-19-17-20(27(5)6)13-15-25(19,3)24(21)14-16-26(22,23)4/h18-24H,7-17H2,1-6H3/t18?,19-,20+,21?,22-,23?,24?,25+,26-/m1/s1.